The summed E-state index contributed by atoms with van der Waals surface area (Å²) in [7, 11) is 0. The molecule has 2 heterocycles. The van der Waals surface area contributed by atoms with Crippen molar-refractivity contribution in [1.82, 2.24) is 15.2 Å². The first-order valence-corrected chi connectivity index (χ1v) is 8.52. The molecular weight excluding hydrogens is 324 g/mol. The first-order chi connectivity index (χ1) is 12.9. The lowest BCUT2D eigenvalue weighted by Gasteiger charge is -2.08. The number of nitrogens with one attached hydrogen (secondary N) is 1. The van der Waals surface area contributed by atoms with Crippen LogP contribution in [0.3, 0.4) is 0 Å². The highest BCUT2D eigenvalue weighted by atomic mass is 16.4. The van der Waals surface area contributed by atoms with Gasteiger partial charge in [0.15, 0.2) is 0 Å². The Morgan fingerprint density at radius 2 is 1.50 bits per heavy atom. The largest absolute Gasteiger partial charge is 0.416 e. The predicted molar refractivity (Wildman–Crippen MR) is 102 cm³/mol. The summed E-state index contributed by atoms with van der Waals surface area (Å²) in [5.74, 6) is 1.70. The van der Waals surface area contributed by atoms with Crippen molar-refractivity contribution >= 4 is 5.82 Å². The van der Waals surface area contributed by atoms with Crippen molar-refractivity contribution in [2.24, 2.45) is 0 Å². The van der Waals surface area contributed by atoms with Gasteiger partial charge in [0.25, 0.3) is 5.89 Å². The van der Waals surface area contributed by atoms with Crippen molar-refractivity contribution in [2.75, 3.05) is 11.9 Å². The summed E-state index contributed by atoms with van der Waals surface area (Å²) in [5, 5.41) is 11.7. The van der Waals surface area contributed by atoms with Crippen LogP contribution in [-0.2, 0) is 6.42 Å². The molecule has 0 saturated carbocycles. The number of anilines is 1. The van der Waals surface area contributed by atoms with Gasteiger partial charge in [-0.1, -0.05) is 48.5 Å². The Morgan fingerprint density at radius 3 is 2.31 bits per heavy atom. The predicted octanol–water partition coefficient (Wildman–Crippen LogP) is 4.45. The van der Waals surface area contributed by atoms with Crippen molar-refractivity contribution in [2.45, 2.75) is 6.42 Å². The van der Waals surface area contributed by atoms with E-state index in [0.29, 0.717) is 11.8 Å². The fourth-order valence-electron chi connectivity index (χ4n) is 2.72. The minimum absolute atomic E-state index is 0.458. The van der Waals surface area contributed by atoms with E-state index < -0.39 is 0 Å². The topological polar surface area (TPSA) is 63.8 Å². The zero-order valence-electron chi connectivity index (χ0n) is 14.2. The third kappa shape index (κ3) is 3.62. The Morgan fingerprint density at radius 1 is 0.769 bits per heavy atom. The van der Waals surface area contributed by atoms with Crippen LogP contribution in [0.5, 0.6) is 0 Å². The number of aromatic nitrogens is 3. The molecule has 0 fully saturated rings. The summed E-state index contributed by atoms with van der Waals surface area (Å²) in [4.78, 5) is 4.43. The molecule has 4 aromatic rings. The Bertz CT molecular complexity index is 967. The van der Waals surface area contributed by atoms with Crippen LogP contribution in [0, 0.1) is 0 Å². The van der Waals surface area contributed by atoms with Crippen molar-refractivity contribution < 1.29 is 4.42 Å². The summed E-state index contributed by atoms with van der Waals surface area (Å²) in [6.07, 6.45) is 2.67. The van der Waals surface area contributed by atoms with Gasteiger partial charge in [0.05, 0.1) is 5.56 Å². The molecule has 4 rings (SSSR count). The Kier molecular flexibility index (Phi) is 4.69. The van der Waals surface area contributed by atoms with E-state index in [9.17, 15) is 0 Å². The average molecular weight is 342 g/mol. The molecule has 0 aliphatic heterocycles. The van der Waals surface area contributed by atoms with Gasteiger partial charge in [-0.2, -0.15) is 0 Å². The second-order valence-electron chi connectivity index (χ2n) is 5.84. The van der Waals surface area contributed by atoms with Gasteiger partial charge in [0.1, 0.15) is 5.82 Å². The molecule has 0 amide bonds. The lowest BCUT2D eigenvalue weighted by Crippen LogP contribution is -2.07. The van der Waals surface area contributed by atoms with E-state index >= 15 is 0 Å². The van der Waals surface area contributed by atoms with E-state index in [-0.39, 0.29) is 0 Å². The maximum Gasteiger partial charge on any atom is 0.251 e. The van der Waals surface area contributed by atoms with Crippen molar-refractivity contribution in [3.05, 3.63) is 84.6 Å². The maximum absolute atomic E-state index is 5.86. The van der Waals surface area contributed by atoms with E-state index in [1.807, 2.05) is 60.7 Å². The standard InChI is InChI=1S/C21H18N4O/c1-3-8-16(9-4-1)13-15-23-19-18(12-7-14-22-19)21-25-24-20(26-21)17-10-5-2-6-11-17/h1-12,14H,13,15H2,(H,22,23). The Hall–Kier alpha value is -3.47. The molecule has 0 aliphatic carbocycles. The number of rotatable bonds is 6. The van der Waals surface area contributed by atoms with Crippen molar-refractivity contribution in [3.8, 4) is 22.9 Å². The van der Waals surface area contributed by atoms with Crippen molar-refractivity contribution in [1.29, 1.82) is 0 Å². The average Bonchev–Trinajstić information content (AvgIpc) is 3.20. The summed E-state index contributed by atoms with van der Waals surface area (Å²) < 4.78 is 5.86. The Balaban J connectivity index is 1.52. The summed E-state index contributed by atoms with van der Waals surface area (Å²) in [6.45, 7) is 0.772. The van der Waals surface area contributed by atoms with E-state index in [1.54, 1.807) is 6.20 Å². The highest BCUT2D eigenvalue weighted by Gasteiger charge is 2.14. The molecule has 0 aliphatic rings. The smallest absolute Gasteiger partial charge is 0.251 e. The fraction of sp³-hybridized carbons (Fsp3) is 0.0952. The molecule has 5 nitrogen and oxygen atoms in total. The molecule has 0 spiro atoms. The van der Waals surface area contributed by atoms with Crippen LogP contribution >= 0.6 is 0 Å². The number of hydrogen-bond acceptors (Lipinski definition) is 5. The second kappa shape index (κ2) is 7.61. The monoisotopic (exact) mass is 342 g/mol. The molecule has 2 aromatic heterocycles. The molecule has 0 saturated heterocycles. The van der Waals surface area contributed by atoms with Crippen LogP contribution < -0.4 is 5.32 Å². The van der Waals surface area contributed by atoms with Crippen LogP contribution in [-0.4, -0.2) is 21.7 Å². The van der Waals surface area contributed by atoms with Crippen LogP contribution in [0.25, 0.3) is 22.9 Å². The fourth-order valence-corrected chi connectivity index (χ4v) is 2.72. The molecule has 26 heavy (non-hydrogen) atoms. The summed E-state index contributed by atoms with van der Waals surface area (Å²) >= 11 is 0. The summed E-state index contributed by atoms with van der Waals surface area (Å²) in [5.41, 5.74) is 2.98. The third-order valence-electron chi connectivity index (χ3n) is 4.03. The van der Waals surface area contributed by atoms with Crippen LogP contribution in [0.2, 0.25) is 0 Å². The van der Waals surface area contributed by atoms with Gasteiger partial charge in [-0.25, -0.2) is 4.98 Å². The summed E-state index contributed by atoms with van der Waals surface area (Å²) in [6, 6.07) is 23.9. The van der Waals surface area contributed by atoms with Crippen LogP contribution in [0.1, 0.15) is 5.56 Å². The van der Waals surface area contributed by atoms with Gasteiger partial charge in [-0.15, -0.1) is 10.2 Å². The van der Waals surface area contributed by atoms with E-state index in [1.165, 1.54) is 5.56 Å². The van der Waals surface area contributed by atoms with E-state index in [0.717, 1.165) is 29.9 Å². The number of benzene rings is 2. The molecule has 2 aromatic carbocycles. The SMILES string of the molecule is c1ccc(CCNc2ncccc2-c2nnc(-c3ccccc3)o2)cc1. The lowest BCUT2D eigenvalue weighted by atomic mass is 10.1. The number of nitrogens with zero attached hydrogens (tertiary/aromatic N) is 3. The maximum atomic E-state index is 5.86. The molecule has 0 unspecified atom stereocenters. The van der Waals surface area contributed by atoms with Crippen LogP contribution in [0.4, 0.5) is 5.82 Å². The molecule has 0 atom stereocenters. The zero-order chi connectivity index (χ0) is 17.6. The first-order valence-electron chi connectivity index (χ1n) is 8.52. The van der Waals surface area contributed by atoms with Gasteiger partial charge in [0.2, 0.25) is 5.89 Å². The third-order valence-corrected chi connectivity index (χ3v) is 4.03. The van der Waals surface area contributed by atoms with Gasteiger partial charge in [-0.05, 0) is 36.2 Å². The number of pyridine rings is 1. The van der Waals surface area contributed by atoms with Crippen molar-refractivity contribution in [3.63, 3.8) is 0 Å². The quantitative estimate of drug-likeness (QED) is 0.561. The molecule has 128 valence electrons. The van der Waals surface area contributed by atoms with E-state index in [4.69, 9.17) is 4.42 Å². The first kappa shape index (κ1) is 16.0. The van der Waals surface area contributed by atoms with Gasteiger partial charge < -0.3 is 9.73 Å². The highest BCUT2D eigenvalue weighted by molar-refractivity contribution is 5.69. The van der Waals surface area contributed by atoms with Gasteiger partial charge in [-0.3, -0.25) is 0 Å². The van der Waals surface area contributed by atoms with Crippen LogP contribution in [0.15, 0.2) is 83.4 Å². The molecular formula is C21H18N4O. The second-order valence-corrected chi connectivity index (χ2v) is 5.84. The number of hydrogen-bond donors (Lipinski definition) is 1. The molecule has 1 N–H and O–H groups in total. The van der Waals surface area contributed by atoms with E-state index in [2.05, 4.69) is 32.6 Å². The minimum Gasteiger partial charge on any atom is -0.416 e. The van der Waals surface area contributed by atoms with Gasteiger partial charge >= 0.3 is 0 Å². The zero-order valence-corrected chi connectivity index (χ0v) is 14.2. The molecule has 0 bridgehead atoms. The normalized spacial score (nSPS) is 10.6. The molecule has 5 heteroatoms. The Labute approximate surface area is 151 Å². The minimum atomic E-state index is 0.458. The van der Waals surface area contributed by atoms with Gasteiger partial charge in [0, 0.05) is 18.3 Å². The lowest BCUT2D eigenvalue weighted by molar-refractivity contribution is 0.584. The highest BCUT2D eigenvalue weighted by Crippen LogP contribution is 2.27. The molecule has 0 radical (unpaired) electrons.